The minimum atomic E-state index is -4.71. The topological polar surface area (TPSA) is 175 Å². The molecule has 0 unspecified atom stereocenters. The highest BCUT2D eigenvalue weighted by molar-refractivity contribution is 7.84. The maximum atomic E-state index is 13.3. The predicted octanol–water partition coefficient (Wildman–Crippen LogP) is 2.94. The first-order valence-electron chi connectivity index (χ1n) is 15.4. The number of amides is 4. The lowest BCUT2D eigenvalue weighted by Crippen LogP contribution is -2.69. The smallest absolute Gasteiger partial charge is 0.408 e. The average Bonchev–Trinajstić information content (AvgIpc) is 3.33. The van der Waals surface area contributed by atoms with Gasteiger partial charge in [-0.15, -0.1) is 0 Å². The number of nitrogens with one attached hydrogen (secondary N) is 2. The molecule has 14 nitrogen and oxygen atoms in total. The number of fused-ring (bicyclic) bond motifs is 1. The van der Waals surface area contributed by atoms with E-state index >= 15 is 0 Å². The standard InChI is InChI=1S/C24H34N4O9S.C6H15N/c1-24(2,3)37-23(32)26-17(11-7-8-13-25-22(31)36-15-16-9-5-4-6-10-16)20(29)27-14-12-18-19(27)21(30)28(18)38(33,34)35;1-4-7(5-2)6-3/h4-6,9-10,17-19H,7-8,11-15H2,1-3H3,(H,25,31)(H,26,32)(H,33,34,35);4-6H2,1-3H3/t17-,18+,19-;/m0./s1. The summed E-state index contributed by atoms with van der Waals surface area (Å²) in [5.74, 6) is -1.44. The largest absolute Gasteiger partial charge is 0.445 e. The van der Waals surface area contributed by atoms with Gasteiger partial charge in [0.25, 0.3) is 5.91 Å². The van der Waals surface area contributed by atoms with E-state index in [1.54, 1.807) is 20.8 Å². The Kier molecular flexibility index (Phi) is 14.5. The molecule has 3 rings (SSSR count). The van der Waals surface area contributed by atoms with Crippen molar-refractivity contribution < 1.29 is 41.6 Å². The van der Waals surface area contributed by atoms with Crippen molar-refractivity contribution in [3.05, 3.63) is 35.9 Å². The van der Waals surface area contributed by atoms with E-state index in [-0.39, 0.29) is 32.5 Å². The third kappa shape index (κ3) is 11.8. The maximum absolute atomic E-state index is 13.3. The molecule has 0 aliphatic carbocycles. The van der Waals surface area contributed by atoms with Crippen LogP contribution in [0.25, 0.3) is 0 Å². The first-order chi connectivity index (χ1) is 21.1. The highest BCUT2D eigenvalue weighted by Gasteiger charge is 2.60. The lowest BCUT2D eigenvalue weighted by atomic mass is 9.99. The summed E-state index contributed by atoms with van der Waals surface area (Å²) in [4.78, 5) is 53.6. The fraction of sp³-hybridized carbons (Fsp3) is 0.667. The van der Waals surface area contributed by atoms with E-state index in [0.29, 0.717) is 17.1 Å². The molecule has 3 N–H and O–H groups in total. The Morgan fingerprint density at radius 1 is 1.04 bits per heavy atom. The molecule has 2 fully saturated rings. The van der Waals surface area contributed by atoms with Gasteiger partial charge in [0, 0.05) is 13.1 Å². The van der Waals surface area contributed by atoms with Gasteiger partial charge in [0.2, 0.25) is 5.91 Å². The summed E-state index contributed by atoms with van der Waals surface area (Å²) in [6.45, 7) is 15.6. The predicted molar refractivity (Wildman–Crippen MR) is 167 cm³/mol. The van der Waals surface area contributed by atoms with Gasteiger partial charge in [0.15, 0.2) is 0 Å². The van der Waals surface area contributed by atoms with E-state index < -0.39 is 58.0 Å². The molecule has 1 aromatic carbocycles. The first-order valence-corrected chi connectivity index (χ1v) is 16.8. The van der Waals surface area contributed by atoms with Crippen molar-refractivity contribution in [1.29, 1.82) is 0 Å². The maximum Gasteiger partial charge on any atom is 0.408 e. The molecule has 0 radical (unpaired) electrons. The number of benzene rings is 1. The highest BCUT2D eigenvalue weighted by Crippen LogP contribution is 2.36. The van der Waals surface area contributed by atoms with Gasteiger partial charge in [-0.3, -0.25) is 14.1 Å². The van der Waals surface area contributed by atoms with Crippen LogP contribution >= 0.6 is 0 Å². The number of β-lactam (4-membered cyclic amide) rings is 1. The fourth-order valence-corrected chi connectivity index (χ4v) is 5.98. The number of nitrogens with zero attached hydrogens (tertiary/aromatic N) is 3. The third-order valence-electron chi connectivity index (χ3n) is 7.40. The van der Waals surface area contributed by atoms with Gasteiger partial charge in [-0.1, -0.05) is 51.1 Å². The quantitative estimate of drug-likeness (QED) is 0.163. The molecule has 2 heterocycles. The van der Waals surface area contributed by atoms with Crippen LogP contribution in [-0.2, 0) is 36.0 Å². The van der Waals surface area contributed by atoms with E-state index in [9.17, 15) is 32.1 Å². The number of unbranched alkanes of at least 4 members (excludes halogenated alkanes) is 1. The minimum absolute atomic E-state index is 0.0905. The molecule has 2 aliphatic rings. The van der Waals surface area contributed by atoms with Crippen molar-refractivity contribution >= 4 is 34.3 Å². The summed E-state index contributed by atoms with van der Waals surface area (Å²) in [6, 6.07) is 6.31. The lowest BCUT2D eigenvalue weighted by Gasteiger charge is -2.43. The molecule has 15 heteroatoms. The monoisotopic (exact) mass is 655 g/mol. The van der Waals surface area contributed by atoms with Crippen molar-refractivity contribution in [2.75, 3.05) is 32.7 Å². The molecule has 254 valence electrons. The normalized spacial score (nSPS) is 18.3. The molecule has 0 saturated carbocycles. The minimum Gasteiger partial charge on any atom is -0.445 e. The van der Waals surface area contributed by atoms with Crippen LogP contribution in [0.5, 0.6) is 0 Å². The molecule has 4 amide bonds. The summed E-state index contributed by atoms with van der Waals surface area (Å²) < 4.78 is 43.0. The van der Waals surface area contributed by atoms with Crippen LogP contribution in [0.15, 0.2) is 30.3 Å². The average molecular weight is 656 g/mol. The zero-order valence-corrected chi connectivity index (χ0v) is 28.0. The highest BCUT2D eigenvalue weighted by atomic mass is 32.2. The van der Waals surface area contributed by atoms with E-state index in [1.807, 2.05) is 30.3 Å². The fourth-order valence-electron chi connectivity index (χ4n) is 5.08. The number of hydrogen-bond donors (Lipinski definition) is 3. The second-order valence-electron chi connectivity index (χ2n) is 11.7. The number of rotatable bonds is 13. The summed E-state index contributed by atoms with van der Waals surface area (Å²) in [7, 11) is -4.71. The first kappa shape index (κ1) is 37.8. The van der Waals surface area contributed by atoms with Gasteiger partial charge in [0.1, 0.15) is 24.3 Å². The lowest BCUT2D eigenvalue weighted by molar-refractivity contribution is -0.152. The molecular formula is C30H49N5O9S. The second-order valence-corrected chi connectivity index (χ2v) is 13.0. The van der Waals surface area contributed by atoms with Crippen molar-refractivity contribution in [3.63, 3.8) is 0 Å². The van der Waals surface area contributed by atoms with E-state index in [1.165, 1.54) is 24.5 Å². The number of carbonyl (C=O) groups is 4. The van der Waals surface area contributed by atoms with Gasteiger partial charge in [0.05, 0.1) is 6.04 Å². The Labute approximate surface area is 266 Å². The Morgan fingerprint density at radius 3 is 2.20 bits per heavy atom. The van der Waals surface area contributed by atoms with Gasteiger partial charge < -0.3 is 29.9 Å². The SMILES string of the molecule is CC(C)(C)OC(=O)N[C@@H](CCCCNC(=O)OCc1ccccc1)C(=O)N1CC[C@@H]2[C@H]1C(=O)N2S(=O)(=O)O.CCN(CC)CC. The Morgan fingerprint density at radius 2 is 1.67 bits per heavy atom. The van der Waals surface area contributed by atoms with Crippen LogP contribution in [-0.4, -0.2) is 108 Å². The van der Waals surface area contributed by atoms with Gasteiger partial charge in [-0.2, -0.15) is 8.42 Å². The van der Waals surface area contributed by atoms with Crippen molar-refractivity contribution in [3.8, 4) is 0 Å². The van der Waals surface area contributed by atoms with Crippen LogP contribution in [0.2, 0.25) is 0 Å². The van der Waals surface area contributed by atoms with Crippen molar-refractivity contribution in [1.82, 2.24) is 24.7 Å². The summed E-state index contributed by atoms with van der Waals surface area (Å²) in [5.41, 5.74) is 0.0476. The number of carbonyl (C=O) groups excluding carboxylic acids is 4. The van der Waals surface area contributed by atoms with Crippen LogP contribution in [0.4, 0.5) is 9.59 Å². The zero-order chi connectivity index (χ0) is 33.8. The molecule has 0 aromatic heterocycles. The molecule has 3 atom stereocenters. The third-order valence-corrected chi connectivity index (χ3v) is 8.35. The second kappa shape index (κ2) is 17.3. The number of hydrogen-bond acceptors (Lipinski definition) is 9. The number of alkyl carbamates (subject to hydrolysis) is 2. The molecule has 45 heavy (non-hydrogen) atoms. The molecule has 2 saturated heterocycles. The molecule has 0 spiro atoms. The summed E-state index contributed by atoms with van der Waals surface area (Å²) in [5, 5.41) is 5.18. The van der Waals surface area contributed by atoms with Gasteiger partial charge in [-0.25, -0.2) is 13.9 Å². The number of likely N-dealkylation sites (tertiary alicyclic amines) is 1. The molecule has 0 bridgehead atoms. The zero-order valence-electron chi connectivity index (χ0n) is 27.2. The van der Waals surface area contributed by atoms with Crippen LogP contribution in [0, 0.1) is 0 Å². The van der Waals surface area contributed by atoms with Crippen LogP contribution in [0.1, 0.15) is 72.8 Å². The molecule has 2 aliphatic heterocycles. The summed E-state index contributed by atoms with van der Waals surface area (Å²) >= 11 is 0. The van der Waals surface area contributed by atoms with E-state index in [4.69, 9.17) is 9.47 Å². The summed E-state index contributed by atoms with van der Waals surface area (Å²) in [6.07, 6.45) is -0.129. The van der Waals surface area contributed by atoms with Crippen LogP contribution in [0.3, 0.4) is 0 Å². The van der Waals surface area contributed by atoms with Gasteiger partial charge >= 0.3 is 22.5 Å². The molecular weight excluding hydrogens is 606 g/mol. The molecule has 1 aromatic rings. The van der Waals surface area contributed by atoms with E-state index in [2.05, 4.69) is 36.3 Å². The Balaban J connectivity index is 0.000000900. The Hall–Kier alpha value is -3.43. The van der Waals surface area contributed by atoms with Crippen LogP contribution < -0.4 is 10.6 Å². The van der Waals surface area contributed by atoms with Crippen molar-refractivity contribution in [2.24, 2.45) is 0 Å². The van der Waals surface area contributed by atoms with Gasteiger partial charge in [-0.05, 0) is 71.7 Å². The van der Waals surface area contributed by atoms with E-state index in [0.717, 1.165) is 5.56 Å². The number of ether oxygens (including phenoxy) is 2. The van der Waals surface area contributed by atoms with Crippen molar-refractivity contribution in [2.45, 2.75) is 97.6 Å². The Bertz CT molecular complexity index is 1230.